The molecule has 0 saturated carbocycles. The fraction of sp³-hybridized carbons (Fsp3) is 0.238. The van der Waals surface area contributed by atoms with E-state index in [4.69, 9.17) is 0 Å². The lowest BCUT2D eigenvalue weighted by atomic mass is 9.88. The second kappa shape index (κ2) is 8.43. The molecular weight excluding hydrogens is 329 g/mol. The molecule has 0 saturated heterocycles. The summed E-state index contributed by atoms with van der Waals surface area (Å²) in [4.78, 5) is 16.6. The molecule has 0 aliphatic heterocycles. The van der Waals surface area contributed by atoms with E-state index >= 15 is 0 Å². The highest BCUT2D eigenvalue weighted by molar-refractivity contribution is 5.77. The van der Waals surface area contributed by atoms with Gasteiger partial charge in [0, 0.05) is 37.8 Å². The maximum absolute atomic E-state index is 14.3. The van der Waals surface area contributed by atoms with Crippen molar-refractivity contribution in [3.63, 3.8) is 0 Å². The first-order chi connectivity index (χ1) is 12.6. The third kappa shape index (κ3) is 4.36. The molecule has 1 amide bonds. The number of nitrogens with one attached hydrogen (secondary N) is 1. The minimum atomic E-state index is -0.313. The molecule has 0 aliphatic rings. The Balaban J connectivity index is 1.69. The summed E-state index contributed by atoms with van der Waals surface area (Å²) in [5.74, 6) is 0.211. The molecule has 134 valence electrons. The van der Waals surface area contributed by atoms with Gasteiger partial charge in [-0.05, 0) is 24.1 Å². The van der Waals surface area contributed by atoms with E-state index in [-0.39, 0.29) is 24.1 Å². The zero-order valence-electron chi connectivity index (χ0n) is 14.7. The maximum Gasteiger partial charge on any atom is 0.221 e. The Bertz CT molecular complexity index is 860. The highest BCUT2D eigenvalue weighted by Crippen LogP contribution is 2.29. The molecule has 0 radical (unpaired) electrons. The fourth-order valence-corrected chi connectivity index (χ4v) is 3.06. The van der Waals surface area contributed by atoms with E-state index in [1.807, 2.05) is 48.0 Å². The van der Waals surface area contributed by atoms with E-state index in [1.165, 1.54) is 6.07 Å². The summed E-state index contributed by atoms with van der Waals surface area (Å²) in [6.45, 7) is 3.09. The lowest BCUT2D eigenvalue weighted by Crippen LogP contribution is -2.29. The molecule has 3 rings (SSSR count). The summed E-state index contributed by atoms with van der Waals surface area (Å²) < 4.78 is 16.3. The van der Waals surface area contributed by atoms with Crippen LogP contribution in [0.15, 0.2) is 67.0 Å². The number of benzene rings is 2. The number of amides is 1. The lowest BCUT2D eigenvalue weighted by molar-refractivity contribution is -0.121. The Morgan fingerprint density at radius 2 is 1.88 bits per heavy atom. The molecule has 3 aromatic rings. The largest absolute Gasteiger partial charge is 0.354 e. The van der Waals surface area contributed by atoms with E-state index in [0.717, 1.165) is 11.4 Å². The van der Waals surface area contributed by atoms with Crippen molar-refractivity contribution >= 4 is 5.91 Å². The van der Waals surface area contributed by atoms with Gasteiger partial charge in [-0.15, -0.1) is 0 Å². The van der Waals surface area contributed by atoms with Gasteiger partial charge in [0.1, 0.15) is 11.6 Å². The number of hydrogen-bond donors (Lipinski definition) is 1. The Morgan fingerprint density at radius 1 is 1.15 bits per heavy atom. The molecule has 0 bridgehead atoms. The van der Waals surface area contributed by atoms with Crippen LogP contribution in [0.2, 0.25) is 0 Å². The topological polar surface area (TPSA) is 46.9 Å². The number of hydrogen-bond acceptors (Lipinski definition) is 2. The number of aryl methyl sites for hydroxylation is 1. The van der Waals surface area contributed by atoms with Crippen LogP contribution in [-0.2, 0) is 11.3 Å². The SMILES string of the molecule is Cc1nccn1CCNC(=O)C[C@H](c1ccccc1)c1ccccc1F. The van der Waals surface area contributed by atoms with Crippen LogP contribution in [0.4, 0.5) is 4.39 Å². The number of rotatable bonds is 7. The Labute approximate surface area is 152 Å². The van der Waals surface area contributed by atoms with Crippen LogP contribution in [0.1, 0.15) is 29.3 Å². The normalized spacial score (nSPS) is 11.9. The van der Waals surface area contributed by atoms with Crippen molar-refractivity contribution in [3.05, 3.63) is 89.8 Å². The average molecular weight is 351 g/mol. The minimum Gasteiger partial charge on any atom is -0.354 e. The van der Waals surface area contributed by atoms with Crippen LogP contribution in [-0.4, -0.2) is 22.0 Å². The molecule has 4 nitrogen and oxygen atoms in total. The summed E-state index contributed by atoms with van der Waals surface area (Å²) in [5, 5.41) is 2.93. The van der Waals surface area contributed by atoms with Gasteiger partial charge in [0.2, 0.25) is 5.91 Å². The molecule has 0 aliphatic carbocycles. The number of nitrogens with zero attached hydrogens (tertiary/aromatic N) is 2. The van der Waals surface area contributed by atoms with Crippen molar-refractivity contribution in [3.8, 4) is 0 Å². The molecule has 5 heteroatoms. The van der Waals surface area contributed by atoms with Crippen LogP contribution in [0.25, 0.3) is 0 Å². The van der Waals surface area contributed by atoms with Crippen molar-refractivity contribution in [1.82, 2.24) is 14.9 Å². The van der Waals surface area contributed by atoms with Gasteiger partial charge in [-0.3, -0.25) is 4.79 Å². The molecule has 26 heavy (non-hydrogen) atoms. The Kier molecular flexibility index (Phi) is 5.79. The Hall–Kier alpha value is -2.95. The lowest BCUT2D eigenvalue weighted by Gasteiger charge is -2.18. The zero-order chi connectivity index (χ0) is 18.4. The van der Waals surface area contributed by atoms with Crippen LogP contribution in [0.3, 0.4) is 0 Å². The molecule has 0 spiro atoms. The summed E-state index contributed by atoms with van der Waals surface area (Å²) >= 11 is 0. The summed E-state index contributed by atoms with van der Waals surface area (Å²) in [6.07, 6.45) is 3.82. The van der Waals surface area contributed by atoms with Gasteiger partial charge in [-0.25, -0.2) is 9.37 Å². The van der Waals surface area contributed by atoms with Gasteiger partial charge in [0.25, 0.3) is 0 Å². The van der Waals surface area contributed by atoms with Crippen molar-refractivity contribution < 1.29 is 9.18 Å². The van der Waals surface area contributed by atoms with Gasteiger partial charge in [-0.1, -0.05) is 48.5 Å². The molecule has 2 aromatic carbocycles. The van der Waals surface area contributed by atoms with Crippen LogP contribution < -0.4 is 5.32 Å². The minimum absolute atomic E-state index is 0.0973. The Morgan fingerprint density at radius 3 is 2.58 bits per heavy atom. The number of aromatic nitrogens is 2. The summed E-state index contributed by atoms with van der Waals surface area (Å²) in [5.41, 5.74) is 1.47. The molecule has 1 N–H and O–H groups in total. The summed E-state index contributed by atoms with van der Waals surface area (Å²) in [7, 11) is 0. The van der Waals surface area contributed by atoms with E-state index in [1.54, 1.807) is 24.4 Å². The molecule has 0 unspecified atom stereocenters. The van der Waals surface area contributed by atoms with E-state index in [2.05, 4.69) is 10.3 Å². The third-order valence-electron chi connectivity index (χ3n) is 4.47. The zero-order valence-corrected chi connectivity index (χ0v) is 14.7. The van der Waals surface area contributed by atoms with Crippen LogP contribution in [0, 0.1) is 12.7 Å². The average Bonchev–Trinajstić information content (AvgIpc) is 3.06. The first kappa shape index (κ1) is 17.9. The summed E-state index contributed by atoms with van der Waals surface area (Å²) in [6, 6.07) is 16.2. The first-order valence-corrected chi connectivity index (χ1v) is 8.69. The molecule has 1 atom stereocenters. The van der Waals surface area contributed by atoms with Gasteiger partial charge in [-0.2, -0.15) is 0 Å². The maximum atomic E-state index is 14.3. The smallest absolute Gasteiger partial charge is 0.221 e. The first-order valence-electron chi connectivity index (χ1n) is 8.69. The van der Waals surface area contributed by atoms with Crippen molar-refractivity contribution in [1.29, 1.82) is 0 Å². The number of carbonyl (C=O) groups excluding carboxylic acids is 1. The number of imidazole rings is 1. The van der Waals surface area contributed by atoms with E-state index < -0.39 is 0 Å². The molecular formula is C21H22FN3O. The molecule has 1 aromatic heterocycles. The quantitative estimate of drug-likeness (QED) is 0.706. The van der Waals surface area contributed by atoms with Crippen LogP contribution >= 0.6 is 0 Å². The molecule has 0 fully saturated rings. The van der Waals surface area contributed by atoms with Gasteiger partial charge in [0.05, 0.1) is 0 Å². The third-order valence-corrected chi connectivity index (χ3v) is 4.47. The van der Waals surface area contributed by atoms with Crippen LogP contribution in [0.5, 0.6) is 0 Å². The van der Waals surface area contributed by atoms with Crippen molar-refractivity contribution in [2.45, 2.75) is 25.8 Å². The molecule has 1 heterocycles. The van der Waals surface area contributed by atoms with Crippen molar-refractivity contribution in [2.24, 2.45) is 0 Å². The van der Waals surface area contributed by atoms with Crippen molar-refractivity contribution in [2.75, 3.05) is 6.54 Å². The van der Waals surface area contributed by atoms with E-state index in [0.29, 0.717) is 18.7 Å². The number of halogens is 1. The van der Waals surface area contributed by atoms with Gasteiger partial charge < -0.3 is 9.88 Å². The fourth-order valence-electron chi connectivity index (χ4n) is 3.06. The van der Waals surface area contributed by atoms with E-state index in [9.17, 15) is 9.18 Å². The predicted molar refractivity (Wildman–Crippen MR) is 99.3 cm³/mol. The predicted octanol–water partition coefficient (Wildman–Crippen LogP) is 3.67. The second-order valence-electron chi connectivity index (χ2n) is 6.21. The highest BCUT2D eigenvalue weighted by atomic mass is 19.1. The highest BCUT2D eigenvalue weighted by Gasteiger charge is 2.20. The van der Waals surface area contributed by atoms with Gasteiger partial charge >= 0.3 is 0 Å². The standard InChI is InChI=1S/C21H22FN3O/c1-16-23-11-13-25(16)14-12-24-21(26)15-19(17-7-3-2-4-8-17)18-9-5-6-10-20(18)22/h2-11,13,19H,12,14-15H2,1H3,(H,24,26)/t19-/m1/s1. The number of carbonyl (C=O) groups is 1. The second-order valence-corrected chi connectivity index (χ2v) is 6.21. The monoisotopic (exact) mass is 351 g/mol. The van der Waals surface area contributed by atoms with Gasteiger partial charge in [0.15, 0.2) is 0 Å².